The number of benzene rings is 1. The van der Waals surface area contributed by atoms with Gasteiger partial charge in [0.2, 0.25) is 0 Å². The van der Waals surface area contributed by atoms with Gasteiger partial charge in [-0.2, -0.15) is 0 Å². The Hall–Kier alpha value is -0.530. The molecular formula is C14H22ClN. The molecule has 0 fully saturated rings. The summed E-state index contributed by atoms with van der Waals surface area (Å²) in [5, 5.41) is 4.44. The Labute approximate surface area is 104 Å². The molecule has 0 heterocycles. The molecular weight excluding hydrogens is 218 g/mol. The second kappa shape index (κ2) is 7.70. The minimum Gasteiger partial charge on any atom is -0.310 e. The molecule has 0 aromatic heterocycles. The van der Waals surface area contributed by atoms with E-state index in [1.165, 1.54) is 31.2 Å². The van der Waals surface area contributed by atoms with Crippen molar-refractivity contribution in [3.05, 3.63) is 34.9 Å². The van der Waals surface area contributed by atoms with Crippen LogP contribution in [-0.2, 0) is 6.54 Å². The Morgan fingerprint density at radius 2 is 2.00 bits per heavy atom. The quantitative estimate of drug-likeness (QED) is 0.744. The lowest BCUT2D eigenvalue weighted by Gasteiger charge is -2.17. The third kappa shape index (κ3) is 4.54. The predicted molar refractivity (Wildman–Crippen MR) is 71.9 cm³/mol. The van der Waals surface area contributed by atoms with Crippen molar-refractivity contribution < 1.29 is 0 Å². The molecule has 1 N–H and O–H groups in total. The Morgan fingerprint density at radius 1 is 1.25 bits per heavy atom. The maximum Gasteiger partial charge on any atom is 0.0450 e. The fourth-order valence-electron chi connectivity index (χ4n) is 1.80. The smallest absolute Gasteiger partial charge is 0.0450 e. The summed E-state index contributed by atoms with van der Waals surface area (Å²) in [5.74, 6) is 0. The van der Waals surface area contributed by atoms with Crippen LogP contribution in [0.25, 0.3) is 0 Å². The van der Waals surface area contributed by atoms with Gasteiger partial charge in [0.25, 0.3) is 0 Å². The van der Waals surface area contributed by atoms with Gasteiger partial charge in [0.15, 0.2) is 0 Å². The third-order valence-electron chi connectivity index (χ3n) is 2.94. The highest BCUT2D eigenvalue weighted by Gasteiger charge is 2.05. The summed E-state index contributed by atoms with van der Waals surface area (Å²) in [7, 11) is 0. The van der Waals surface area contributed by atoms with E-state index >= 15 is 0 Å². The highest BCUT2D eigenvalue weighted by molar-refractivity contribution is 6.31. The van der Waals surface area contributed by atoms with Gasteiger partial charge in [-0.05, 0) is 24.5 Å². The Morgan fingerprint density at radius 3 is 2.62 bits per heavy atom. The maximum absolute atomic E-state index is 6.12. The van der Waals surface area contributed by atoms with E-state index in [4.69, 9.17) is 11.6 Å². The highest BCUT2D eigenvalue weighted by Crippen LogP contribution is 2.15. The van der Waals surface area contributed by atoms with Crippen LogP contribution in [0, 0.1) is 0 Å². The largest absolute Gasteiger partial charge is 0.310 e. The summed E-state index contributed by atoms with van der Waals surface area (Å²) in [6, 6.07) is 8.67. The van der Waals surface area contributed by atoms with Gasteiger partial charge in [-0.1, -0.05) is 56.5 Å². The summed E-state index contributed by atoms with van der Waals surface area (Å²) < 4.78 is 0. The number of unbranched alkanes of at least 4 members (excludes halogenated alkanes) is 1. The monoisotopic (exact) mass is 239 g/mol. The molecule has 16 heavy (non-hydrogen) atoms. The molecule has 0 amide bonds. The zero-order valence-electron chi connectivity index (χ0n) is 10.3. The number of nitrogens with one attached hydrogen (secondary N) is 1. The minimum absolute atomic E-state index is 0.622. The number of hydrogen-bond donors (Lipinski definition) is 1. The first-order valence-electron chi connectivity index (χ1n) is 6.24. The number of halogens is 1. The van der Waals surface area contributed by atoms with Crippen LogP contribution in [0.1, 0.15) is 45.1 Å². The summed E-state index contributed by atoms with van der Waals surface area (Å²) in [5.41, 5.74) is 1.19. The molecule has 0 aliphatic rings. The molecule has 0 saturated carbocycles. The molecule has 0 saturated heterocycles. The van der Waals surface area contributed by atoms with Crippen molar-refractivity contribution >= 4 is 11.6 Å². The lowest BCUT2D eigenvalue weighted by molar-refractivity contribution is 0.452. The van der Waals surface area contributed by atoms with Crippen molar-refractivity contribution in [3.63, 3.8) is 0 Å². The molecule has 0 bridgehead atoms. The van der Waals surface area contributed by atoms with Gasteiger partial charge in [-0.25, -0.2) is 0 Å². The summed E-state index contributed by atoms with van der Waals surface area (Å²) in [6.07, 6.45) is 5.01. The second-order valence-corrected chi connectivity index (χ2v) is 4.63. The van der Waals surface area contributed by atoms with E-state index in [9.17, 15) is 0 Å². The normalized spacial score (nSPS) is 12.7. The maximum atomic E-state index is 6.12. The summed E-state index contributed by atoms with van der Waals surface area (Å²) in [4.78, 5) is 0. The molecule has 1 aromatic carbocycles. The lowest BCUT2D eigenvalue weighted by Crippen LogP contribution is -2.27. The first-order valence-corrected chi connectivity index (χ1v) is 6.62. The van der Waals surface area contributed by atoms with Crippen molar-refractivity contribution in [1.29, 1.82) is 0 Å². The van der Waals surface area contributed by atoms with Crippen LogP contribution in [0.15, 0.2) is 24.3 Å². The van der Waals surface area contributed by atoms with Crippen LogP contribution in [0.5, 0.6) is 0 Å². The van der Waals surface area contributed by atoms with Crippen LogP contribution in [0.3, 0.4) is 0 Å². The van der Waals surface area contributed by atoms with Gasteiger partial charge in [0, 0.05) is 17.6 Å². The van der Waals surface area contributed by atoms with Gasteiger partial charge in [-0.3, -0.25) is 0 Å². The third-order valence-corrected chi connectivity index (χ3v) is 3.31. The molecule has 2 heteroatoms. The summed E-state index contributed by atoms with van der Waals surface area (Å²) in [6.45, 7) is 5.35. The number of rotatable bonds is 7. The van der Waals surface area contributed by atoms with Gasteiger partial charge in [-0.15, -0.1) is 0 Å². The van der Waals surface area contributed by atoms with Crippen molar-refractivity contribution in [2.45, 2.75) is 52.1 Å². The van der Waals surface area contributed by atoms with E-state index in [0.29, 0.717) is 6.04 Å². The van der Waals surface area contributed by atoms with Crippen molar-refractivity contribution in [1.82, 2.24) is 5.32 Å². The van der Waals surface area contributed by atoms with E-state index < -0.39 is 0 Å². The van der Waals surface area contributed by atoms with Gasteiger partial charge < -0.3 is 5.32 Å². The molecule has 1 aromatic rings. The standard InChI is InChI=1S/C14H22ClN/c1-3-5-9-13(4-2)16-11-12-8-6-7-10-14(12)15/h6-8,10,13,16H,3-5,9,11H2,1-2H3. The molecule has 0 spiro atoms. The minimum atomic E-state index is 0.622. The molecule has 90 valence electrons. The molecule has 1 rings (SSSR count). The average molecular weight is 240 g/mol. The van der Waals surface area contributed by atoms with E-state index in [1.807, 2.05) is 18.2 Å². The SMILES string of the molecule is CCCCC(CC)NCc1ccccc1Cl. The van der Waals surface area contributed by atoms with Crippen molar-refractivity contribution in [2.24, 2.45) is 0 Å². The second-order valence-electron chi connectivity index (χ2n) is 4.22. The topological polar surface area (TPSA) is 12.0 Å². The molecule has 1 atom stereocenters. The molecule has 1 unspecified atom stereocenters. The van der Waals surface area contributed by atoms with Crippen molar-refractivity contribution in [3.8, 4) is 0 Å². The fourth-order valence-corrected chi connectivity index (χ4v) is 2.00. The van der Waals surface area contributed by atoms with Crippen molar-refractivity contribution in [2.75, 3.05) is 0 Å². The molecule has 1 nitrogen and oxygen atoms in total. The Balaban J connectivity index is 2.40. The molecule has 0 aliphatic heterocycles. The van der Waals surface area contributed by atoms with E-state index in [-0.39, 0.29) is 0 Å². The number of hydrogen-bond acceptors (Lipinski definition) is 1. The fraction of sp³-hybridized carbons (Fsp3) is 0.571. The Kier molecular flexibility index (Phi) is 6.51. The van der Waals surface area contributed by atoms with E-state index in [0.717, 1.165) is 11.6 Å². The van der Waals surface area contributed by atoms with Crippen LogP contribution >= 0.6 is 11.6 Å². The zero-order valence-corrected chi connectivity index (χ0v) is 11.1. The highest BCUT2D eigenvalue weighted by atomic mass is 35.5. The lowest BCUT2D eigenvalue weighted by atomic mass is 10.1. The van der Waals surface area contributed by atoms with Gasteiger partial charge >= 0.3 is 0 Å². The molecule has 0 aliphatic carbocycles. The van der Waals surface area contributed by atoms with Gasteiger partial charge in [0.05, 0.1) is 0 Å². The van der Waals surface area contributed by atoms with Crippen LogP contribution < -0.4 is 5.32 Å². The van der Waals surface area contributed by atoms with E-state index in [1.54, 1.807) is 0 Å². The summed E-state index contributed by atoms with van der Waals surface area (Å²) >= 11 is 6.12. The zero-order chi connectivity index (χ0) is 11.8. The van der Waals surface area contributed by atoms with Crippen LogP contribution in [-0.4, -0.2) is 6.04 Å². The predicted octanol–water partition coefficient (Wildman–Crippen LogP) is 4.40. The van der Waals surface area contributed by atoms with E-state index in [2.05, 4.69) is 25.2 Å². The Bertz CT molecular complexity index is 299. The van der Waals surface area contributed by atoms with Crippen LogP contribution in [0.2, 0.25) is 5.02 Å². The van der Waals surface area contributed by atoms with Gasteiger partial charge in [0.1, 0.15) is 0 Å². The van der Waals surface area contributed by atoms with Crippen LogP contribution in [0.4, 0.5) is 0 Å². The first-order chi connectivity index (χ1) is 7.77. The first kappa shape index (κ1) is 13.5. The molecule has 0 radical (unpaired) electrons. The average Bonchev–Trinajstić information content (AvgIpc) is 2.31.